The van der Waals surface area contributed by atoms with E-state index >= 15 is 0 Å². The lowest BCUT2D eigenvalue weighted by atomic mass is 9.70. The van der Waals surface area contributed by atoms with Crippen molar-refractivity contribution in [1.29, 1.82) is 0 Å². The van der Waals surface area contributed by atoms with Crippen LogP contribution in [0.3, 0.4) is 0 Å². The molecule has 2 aliphatic rings. The number of fused-ring (bicyclic) bond motifs is 1. The van der Waals surface area contributed by atoms with Gasteiger partial charge in [-0.1, -0.05) is 11.6 Å². The van der Waals surface area contributed by atoms with Crippen LogP contribution in [0.25, 0.3) is 0 Å². The number of aryl methyl sites for hydroxylation is 1. The lowest BCUT2D eigenvalue weighted by molar-refractivity contribution is 0.137. The summed E-state index contributed by atoms with van der Waals surface area (Å²) < 4.78 is 0. The fraction of sp³-hybridized carbons (Fsp3) is 0.917. The van der Waals surface area contributed by atoms with Gasteiger partial charge in [0.2, 0.25) is 0 Å². The van der Waals surface area contributed by atoms with Gasteiger partial charge in [-0.3, -0.25) is 0 Å². The Morgan fingerprint density at radius 3 is 3.06 bits per heavy atom. The molecule has 1 saturated carbocycles. The molecule has 3 rings (SSSR count). The van der Waals surface area contributed by atoms with E-state index in [9.17, 15) is 0 Å². The first kappa shape index (κ1) is 11.1. The van der Waals surface area contributed by atoms with E-state index in [1.54, 1.807) is 0 Å². The van der Waals surface area contributed by atoms with E-state index in [4.69, 9.17) is 0 Å². The molecule has 2 fully saturated rings. The Morgan fingerprint density at radius 2 is 2.18 bits per heavy atom. The second-order valence-electron chi connectivity index (χ2n) is 5.56. The Balaban J connectivity index is 1.48. The lowest BCUT2D eigenvalue weighted by Gasteiger charge is -2.39. The molecule has 2 N–H and O–H groups in total. The Kier molecular flexibility index (Phi) is 3.36. The van der Waals surface area contributed by atoms with E-state index in [-0.39, 0.29) is 0 Å². The van der Waals surface area contributed by atoms with Gasteiger partial charge < -0.3 is 5.32 Å². The average Bonchev–Trinajstić information content (AvgIpc) is 2.89. The van der Waals surface area contributed by atoms with Crippen molar-refractivity contribution in [3.63, 3.8) is 0 Å². The van der Waals surface area contributed by atoms with Crippen LogP contribution in [0.5, 0.6) is 0 Å². The summed E-state index contributed by atoms with van der Waals surface area (Å²) in [5.74, 6) is 3.68. The molecule has 1 saturated heterocycles. The molecule has 3 atom stereocenters. The predicted octanol–water partition coefficient (Wildman–Crippen LogP) is 1.16. The van der Waals surface area contributed by atoms with E-state index in [1.807, 2.05) is 0 Å². The molecule has 0 bridgehead atoms. The SMILES string of the molecule is C1C[C@H]2CC(CCc3nn[nH]n3)CC[C@H]2CN1. The number of hydrogen-bond donors (Lipinski definition) is 2. The van der Waals surface area contributed by atoms with Crippen molar-refractivity contribution in [2.24, 2.45) is 17.8 Å². The largest absolute Gasteiger partial charge is 0.316 e. The Hall–Kier alpha value is -0.970. The number of nitrogens with zero attached hydrogens (tertiary/aromatic N) is 3. The lowest BCUT2D eigenvalue weighted by Crippen LogP contribution is -2.40. The van der Waals surface area contributed by atoms with Gasteiger partial charge >= 0.3 is 0 Å². The van der Waals surface area contributed by atoms with Crippen LogP contribution in [0, 0.1) is 17.8 Å². The monoisotopic (exact) mass is 235 g/mol. The van der Waals surface area contributed by atoms with Gasteiger partial charge in [-0.15, -0.1) is 10.2 Å². The Morgan fingerprint density at radius 1 is 1.18 bits per heavy atom. The first-order chi connectivity index (χ1) is 8.42. The zero-order valence-electron chi connectivity index (χ0n) is 10.2. The van der Waals surface area contributed by atoms with Crippen molar-refractivity contribution in [3.05, 3.63) is 5.82 Å². The summed E-state index contributed by atoms with van der Waals surface area (Å²) in [5.41, 5.74) is 0. The molecular formula is C12H21N5. The normalized spacial score (nSPS) is 33.3. The smallest absolute Gasteiger partial charge is 0.174 e. The average molecular weight is 235 g/mol. The Labute approximate surface area is 102 Å². The molecule has 0 aromatic carbocycles. The number of aromatic amines is 1. The van der Waals surface area contributed by atoms with Crippen molar-refractivity contribution in [2.75, 3.05) is 13.1 Å². The van der Waals surface area contributed by atoms with Gasteiger partial charge in [-0.2, -0.15) is 5.21 Å². The van der Waals surface area contributed by atoms with E-state index in [2.05, 4.69) is 25.9 Å². The van der Waals surface area contributed by atoms with E-state index < -0.39 is 0 Å². The highest BCUT2D eigenvalue weighted by Gasteiger charge is 2.31. The predicted molar refractivity (Wildman–Crippen MR) is 64.3 cm³/mol. The Bertz CT molecular complexity index is 337. The van der Waals surface area contributed by atoms with Crippen LogP contribution >= 0.6 is 0 Å². The van der Waals surface area contributed by atoms with Crippen molar-refractivity contribution >= 4 is 0 Å². The zero-order valence-corrected chi connectivity index (χ0v) is 10.2. The van der Waals surface area contributed by atoms with Crippen LogP contribution in [-0.2, 0) is 6.42 Å². The maximum Gasteiger partial charge on any atom is 0.174 e. The fourth-order valence-electron chi connectivity index (χ4n) is 3.50. The minimum Gasteiger partial charge on any atom is -0.316 e. The van der Waals surface area contributed by atoms with E-state index in [1.165, 1.54) is 45.2 Å². The second kappa shape index (κ2) is 5.12. The summed E-state index contributed by atoms with van der Waals surface area (Å²) in [6, 6.07) is 0. The van der Waals surface area contributed by atoms with Crippen LogP contribution < -0.4 is 5.32 Å². The van der Waals surface area contributed by atoms with Gasteiger partial charge in [0.15, 0.2) is 5.82 Å². The number of tetrazole rings is 1. The minimum atomic E-state index is 0.873. The third-order valence-corrected chi connectivity index (χ3v) is 4.51. The highest BCUT2D eigenvalue weighted by molar-refractivity contribution is 4.86. The van der Waals surface area contributed by atoms with Gasteiger partial charge in [0.25, 0.3) is 0 Å². The molecule has 5 nitrogen and oxygen atoms in total. The zero-order chi connectivity index (χ0) is 11.5. The first-order valence-corrected chi connectivity index (χ1v) is 6.85. The number of nitrogens with one attached hydrogen (secondary N) is 2. The van der Waals surface area contributed by atoms with Crippen molar-refractivity contribution in [3.8, 4) is 0 Å². The van der Waals surface area contributed by atoms with Crippen molar-refractivity contribution in [2.45, 2.75) is 38.5 Å². The van der Waals surface area contributed by atoms with Gasteiger partial charge in [-0.25, -0.2) is 0 Å². The van der Waals surface area contributed by atoms with Crippen LogP contribution in [0.4, 0.5) is 0 Å². The van der Waals surface area contributed by atoms with Crippen LogP contribution in [0.1, 0.15) is 37.9 Å². The number of piperidine rings is 1. The fourth-order valence-corrected chi connectivity index (χ4v) is 3.50. The summed E-state index contributed by atoms with van der Waals surface area (Å²) >= 11 is 0. The number of rotatable bonds is 3. The molecule has 1 unspecified atom stereocenters. The molecule has 1 aromatic rings. The van der Waals surface area contributed by atoms with Gasteiger partial charge in [0.05, 0.1) is 0 Å². The molecule has 0 amide bonds. The molecule has 1 aromatic heterocycles. The molecule has 5 heteroatoms. The minimum absolute atomic E-state index is 0.873. The molecule has 94 valence electrons. The van der Waals surface area contributed by atoms with Crippen LogP contribution in [-0.4, -0.2) is 33.7 Å². The molecule has 0 radical (unpaired) electrons. The molecule has 0 spiro atoms. The highest BCUT2D eigenvalue weighted by Crippen LogP contribution is 2.38. The van der Waals surface area contributed by atoms with E-state index in [0.29, 0.717) is 0 Å². The summed E-state index contributed by atoms with van der Waals surface area (Å²) in [7, 11) is 0. The summed E-state index contributed by atoms with van der Waals surface area (Å²) in [5, 5.41) is 17.7. The quantitative estimate of drug-likeness (QED) is 0.825. The summed E-state index contributed by atoms with van der Waals surface area (Å²) in [4.78, 5) is 0. The highest BCUT2D eigenvalue weighted by atomic mass is 15.5. The first-order valence-electron chi connectivity index (χ1n) is 6.85. The summed E-state index contributed by atoms with van der Waals surface area (Å²) in [6.07, 6.45) is 7.82. The second-order valence-corrected chi connectivity index (χ2v) is 5.56. The molecular weight excluding hydrogens is 214 g/mol. The van der Waals surface area contributed by atoms with Gasteiger partial charge in [0.1, 0.15) is 0 Å². The maximum absolute atomic E-state index is 4.02. The van der Waals surface area contributed by atoms with Gasteiger partial charge in [-0.05, 0) is 56.5 Å². The molecule has 1 aliphatic carbocycles. The van der Waals surface area contributed by atoms with Gasteiger partial charge in [0, 0.05) is 6.42 Å². The van der Waals surface area contributed by atoms with Crippen LogP contribution in [0.15, 0.2) is 0 Å². The summed E-state index contributed by atoms with van der Waals surface area (Å²) in [6.45, 7) is 2.47. The number of H-pyrrole nitrogens is 1. The topological polar surface area (TPSA) is 66.5 Å². The number of aromatic nitrogens is 4. The molecule has 2 heterocycles. The third-order valence-electron chi connectivity index (χ3n) is 4.51. The van der Waals surface area contributed by atoms with Crippen molar-refractivity contribution in [1.82, 2.24) is 25.9 Å². The standard InChI is InChI=1S/C12H21N5/c1-3-11-8-13-6-5-10(11)7-9(1)2-4-12-14-16-17-15-12/h9-11,13H,1-8H2,(H,14,15,16,17)/t9?,10-,11-/m0/s1. The third kappa shape index (κ3) is 2.65. The van der Waals surface area contributed by atoms with Crippen LogP contribution in [0.2, 0.25) is 0 Å². The molecule has 1 aliphatic heterocycles. The van der Waals surface area contributed by atoms with E-state index in [0.717, 1.165) is 30.0 Å². The number of hydrogen-bond acceptors (Lipinski definition) is 4. The maximum atomic E-state index is 4.02. The van der Waals surface area contributed by atoms with Crippen molar-refractivity contribution < 1.29 is 0 Å². The molecule has 17 heavy (non-hydrogen) atoms.